The largest absolute Gasteiger partial charge is 0.393 e. The molecule has 0 amide bonds. The Kier molecular flexibility index (Phi) is 5.26. The van der Waals surface area contributed by atoms with Crippen molar-refractivity contribution in [3.05, 3.63) is 5.82 Å². The number of fused-ring (bicyclic) bond motifs is 5. The number of hydrogen-bond donors (Lipinski definition) is 4. The number of tetrazole rings is 1. The number of nitrogens with zero attached hydrogens (tertiary/aromatic N) is 3. The minimum absolute atomic E-state index is 0.0363. The van der Waals surface area contributed by atoms with Crippen LogP contribution in [0.4, 0.5) is 0 Å². The summed E-state index contributed by atoms with van der Waals surface area (Å²) in [7, 11) is 0. The van der Waals surface area contributed by atoms with Crippen molar-refractivity contribution >= 4 is 0 Å². The zero-order chi connectivity index (χ0) is 22.0. The SMILES string of the molecule is CC[C@H]1[C@@H](O)[C@@H]2[C@H](CC[C@@]3(C)[C@H]2CC[C@]3(N)CCc2nn[nH]n2)[C@@]2(C)CC[C@@H](O)C[C@@H]12. The fourth-order valence-electron chi connectivity index (χ4n) is 9.16. The maximum absolute atomic E-state index is 11.8. The molecule has 174 valence electrons. The first-order valence-corrected chi connectivity index (χ1v) is 12.6. The topological polar surface area (TPSA) is 121 Å². The van der Waals surface area contributed by atoms with E-state index < -0.39 is 0 Å². The molecule has 4 aliphatic carbocycles. The fraction of sp³-hybridized carbons (Fsp3) is 0.958. The number of H-pyrrole nitrogens is 1. The molecule has 10 atom stereocenters. The molecule has 5 N–H and O–H groups in total. The summed E-state index contributed by atoms with van der Waals surface area (Å²) in [6.07, 6.45) is 9.42. The van der Waals surface area contributed by atoms with Crippen molar-refractivity contribution in [2.24, 2.45) is 46.2 Å². The Morgan fingerprint density at radius 2 is 1.84 bits per heavy atom. The minimum Gasteiger partial charge on any atom is -0.393 e. The lowest BCUT2D eigenvalue weighted by molar-refractivity contribution is -0.203. The van der Waals surface area contributed by atoms with Gasteiger partial charge in [0.05, 0.1) is 12.2 Å². The van der Waals surface area contributed by atoms with Crippen molar-refractivity contribution in [3.8, 4) is 0 Å². The highest BCUT2D eigenvalue weighted by Gasteiger charge is 2.67. The summed E-state index contributed by atoms with van der Waals surface area (Å²) in [4.78, 5) is 0. The van der Waals surface area contributed by atoms with Crippen molar-refractivity contribution < 1.29 is 10.2 Å². The van der Waals surface area contributed by atoms with E-state index in [4.69, 9.17) is 5.73 Å². The standard InChI is InChI=1S/C24H41N5O2/c1-4-15-18-13-14(30)5-9-22(18,2)16-6-10-23(3)17(20(16)21(15)31)7-11-24(23,25)12-8-19-26-28-29-27-19/h14-18,20-21,30-31H,4-13,25H2,1-3H3,(H,26,27,28,29)/t14-,15-,16+,17+,18+,20-,21-,22-,23+,24+/m1/s1. The summed E-state index contributed by atoms with van der Waals surface area (Å²) in [6, 6.07) is 0. The van der Waals surface area contributed by atoms with Crippen LogP contribution >= 0.6 is 0 Å². The van der Waals surface area contributed by atoms with Gasteiger partial charge in [-0.3, -0.25) is 0 Å². The number of nitrogens with two attached hydrogens (primary N) is 1. The van der Waals surface area contributed by atoms with Crippen LogP contribution in [0.3, 0.4) is 0 Å². The molecule has 0 radical (unpaired) electrons. The fourth-order valence-corrected chi connectivity index (χ4v) is 9.16. The minimum atomic E-state index is -0.275. The van der Waals surface area contributed by atoms with E-state index in [1.807, 2.05) is 0 Å². The molecule has 0 aliphatic heterocycles. The molecule has 5 rings (SSSR count). The van der Waals surface area contributed by atoms with Gasteiger partial charge >= 0.3 is 0 Å². The van der Waals surface area contributed by atoms with Crippen LogP contribution in [0.25, 0.3) is 0 Å². The van der Waals surface area contributed by atoms with Crippen molar-refractivity contribution in [1.82, 2.24) is 20.6 Å². The molecule has 0 saturated heterocycles. The highest BCUT2D eigenvalue weighted by molar-refractivity contribution is 5.18. The summed E-state index contributed by atoms with van der Waals surface area (Å²) < 4.78 is 0. The molecule has 31 heavy (non-hydrogen) atoms. The second kappa shape index (κ2) is 7.49. The second-order valence-corrected chi connectivity index (χ2v) is 11.9. The third-order valence-electron chi connectivity index (χ3n) is 11.0. The van der Waals surface area contributed by atoms with Crippen LogP contribution < -0.4 is 5.73 Å². The molecule has 0 unspecified atom stereocenters. The third-order valence-corrected chi connectivity index (χ3v) is 11.0. The Labute approximate surface area is 186 Å². The van der Waals surface area contributed by atoms with E-state index in [9.17, 15) is 10.2 Å². The number of aryl methyl sites for hydroxylation is 1. The lowest BCUT2D eigenvalue weighted by Gasteiger charge is -2.65. The van der Waals surface area contributed by atoms with E-state index in [0.717, 1.165) is 70.0 Å². The molecule has 4 fully saturated rings. The molecule has 1 heterocycles. The zero-order valence-corrected chi connectivity index (χ0v) is 19.4. The predicted octanol–water partition coefficient (Wildman–Crippen LogP) is 2.84. The summed E-state index contributed by atoms with van der Waals surface area (Å²) >= 11 is 0. The van der Waals surface area contributed by atoms with Gasteiger partial charge in [-0.05, 0) is 91.8 Å². The van der Waals surface area contributed by atoms with Crippen LogP contribution in [0, 0.1) is 40.4 Å². The first-order chi connectivity index (χ1) is 14.7. The van der Waals surface area contributed by atoms with E-state index in [1.165, 1.54) is 0 Å². The number of aliphatic hydroxyl groups is 2. The summed E-state index contributed by atoms with van der Waals surface area (Å²) in [5.74, 6) is 2.80. The van der Waals surface area contributed by atoms with Crippen molar-refractivity contribution in [2.75, 3.05) is 0 Å². The van der Waals surface area contributed by atoms with Crippen LogP contribution in [0.5, 0.6) is 0 Å². The quantitative estimate of drug-likeness (QED) is 0.582. The van der Waals surface area contributed by atoms with Crippen LogP contribution in [-0.2, 0) is 6.42 Å². The molecular formula is C24H41N5O2. The third kappa shape index (κ3) is 3.06. The van der Waals surface area contributed by atoms with E-state index in [-0.39, 0.29) is 34.5 Å². The maximum atomic E-state index is 11.8. The van der Waals surface area contributed by atoms with Crippen LogP contribution in [0.2, 0.25) is 0 Å². The number of aromatic amines is 1. The highest BCUT2D eigenvalue weighted by atomic mass is 16.3. The smallest absolute Gasteiger partial charge is 0.174 e. The van der Waals surface area contributed by atoms with Gasteiger partial charge in [0.25, 0.3) is 0 Å². The zero-order valence-electron chi connectivity index (χ0n) is 19.4. The van der Waals surface area contributed by atoms with Gasteiger partial charge in [-0.1, -0.05) is 32.4 Å². The molecule has 1 aromatic heterocycles. The lowest BCUT2D eigenvalue weighted by atomic mass is 9.41. The molecule has 4 saturated carbocycles. The number of rotatable bonds is 4. The lowest BCUT2D eigenvalue weighted by Crippen LogP contribution is -2.64. The van der Waals surface area contributed by atoms with E-state index in [2.05, 4.69) is 41.4 Å². The Morgan fingerprint density at radius 1 is 1.06 bits per heavy atom. The van der Waals surface area contributed by atoms with Crippen molar-refractivity contribution in [2.45, 2.75) is 103 Å². The summed E-state index contributed by atoms with van der Waals surface area (Å²) in [5, 5.41) is 36.7. The molecule has 4 aliphatic rings. The first-order valence-electron chi connectivity index (χ1n) is 12.6. The predicted molar refractivity (Wildman–Crippen MR) is 118 cm³/mol. The Morgan fingerprint density at radius 3 is 2.55 bits per heavy atom. The average Bonchev–Trinajstić information content (AvgIpc) is 3.35. The number of hydrogen-bond acceptors (Lipinski definition) is 6. The molecular weight excluding hydrogens is 390 g/mol. The van der Waals surface area contributed by atoms with E-state index in [1.54, 1.807) is 0 Å². The highest BCUT2D eigenvalue weighted by Crippen LogP contribution is 2.69. The van der Waals surface area contributed by atoms with Crippen molar-refractivity contribution in [3.63, 3.8) is 0 Å². The van der Waals surface area contributed by atoms with Gasteiger partial charge in [0.2, 0.25) is 0 Å². The van der Waals surface area contributed by atoms with Gasteiger partial charge in [0.15, 0.2) is 5.82 Å². The Bertz CT molecular complexity index is 789. The van der Waals surface area contributed by atoms with E-state index in [0.29, 0.717) is 23.7 Å². The maximum Gasteiger partial charge on any atom is 0.174 e. The molecule has 7 nitrogen and oxygen atoms in total. The van der Waals surface area contributed by atoms with Crippen molar-refractivity contribution in [1.29, 1.82) is 0 Å². The second-order valence-electron chi connectivity index (χ2n) is 11.9. The number of aliphatic hydroxyl groups excluding tert-OH is 2. The molecule has 1 aromatic rings. The number of nitrogens with one attached hydrogen (secondary N) is 1. The molecule has 0 spiro atoms. The molecule has 0 aromatic carbocycles. The summed E-state index contributed by atoms with van der Waals surface area (Å²) in [5.41, 5.74) is 7.20. The first kappa shape index (κ1) is 21.8. The number of aromatic nitrogens is 4. The van der Waals surface area contributed by atoms with Crippen LogP contribution in [0.15, 0.2) is 0 Å². The monoisotopic (exact) mass is 431 g/mol. The van der Waals surface area contributed by atoms with Gasteiger partial charge in [-0.15, -0.1) is 10.2 Å². The van der Waals surface area contributed by atoms with Gasteiger partial charge < -0.3 is 15.9 Å². The molecule has 0 bridgehead atoms. The van der Waals surface area contributed by atoms with Gasteiger partial charge in [0.1, 0.15) is 0 Å². The Hall–Kier alpha value is -1.05. The molecule has 7 heteroatoms. The Balaban J connectivity index is 1.44. The van der Waals surface area contributed by atoms with Gasteiger partial charge in [-0.2, -0.15) is 5.21 Å². The summed E-state index contributed by atoms with van der Waals surface area (Å²) in [6.45, 7) is 7.12. The van der Waals surface area contributed by atoms with Crippen LogP contribution in [0.1, 0.15) is 84.4 Å². The van der Waals surface area contributed by atoms with Gasteiger partial charge in [0, 0.05) is 12.0 Å². The normalized spacial score (nSPS) is 51.7. The van der Waals surface area contributed by atoms with E-state index >= 15 is 0 Å². The van der Waals surface area contributed by atoms with Gasteiger partial charge in [-0.25, -0.2) is 0 Å². The van der Waals surface area contributed by atoms with Crippen LogP contribution in [-0.4, -0.2) is 48.6 Å². The average molecular weight is 432 g/mol.